The number of ether oxygens (including phenoxy) is 2. The van der Waals surface area contributed by atoms with Gasteiger partial charge in [0.15, 0.2) is 0 Å². The molecule has 3 heteroatoms. The zero-order valence-electron chi connectivity index (χ0n) is 11.5. The molecular weight excluding hydrogens is 316 g/mol. The normalized spacial score (nSPS) is 18.6. The summed E-state index contributed by atoms with van der Waals surface area (Å²) in [5.41, 5.74) is 0. The van der Waals surface area contributed by atoms with Gasteiger partial charge in [-0.3, -0.25) is 0 Å². The second kappa shape index (κ2) is 6.59. The van der Waals surface area contributed by atoms with Gasteiger partial charge in [0.25, 0.3) is 0 Å². The van der Waals surface area contributed by atoms with Gasteiger partial charge in [-0.2, -0.15) is 0 Å². The monoisotopic (exact) mass is 334 g/mol. The molecule has 1 aliphatic heterocycles. The highest BCUT2D eigenvalue weighted by Gasteiger charge is 2.14. The standard InChI is InChI=1S/C17H19BrO2/c18-17-15-8-2-1-5-13(15)9-10-16(17)20-12-4-7-14-6-3-11-19-14/h1-2,5,8-10,14H,3-4,6-7,11-12H2. The lowest BCUT2D eigenvalue weighted by molar-refractivity contribution is 0.0981. The molecule has 0 amide bonds. The Kier molecular flexibility index (Phi) is 4.58. The zero-order chi connectivity index (χ0) is 13.8. The number of fused-ring (bicyclic) bond motifs is 1. The molecule has 1 aliphatic rings. The number of hydrogen-bond acceptors (Lipinski definition) is 2. The van der Waals surface area contributed by atoms with Crippen LogP contribution in [0.25, 0.3) is 10.8 Å². The highest BCUT2D eigenvalue weighted by Crippen LogP contribution is 2.33. The summed E-state index contributed by atoms with van der Waals surface area (Å²) < 4.78 is 12.6. The molecule has 0 spiro atoms. The largest absolute Gasteiger partial charge is 0.492 e. The lowest BCUT2D eigenvalue weighted by Crippen LogP contribution is -2.07. The maximum absolute atomic E-state index is 5.90. The summed E-state index contributed by atoms with van der Waals surface area (Å²) in [5.74, 6) is 0.927. The SMILES string of the molecule is Brc1c(OCCCC2CCCO2)ccc2ccccc12. The van der Waals surface area contributed by atoms with Gasteiger partial charge in [-0.15, -0.1) is 0 Å². The van der Waals surface area contributed by atoms with Crippen molar-refractivity contribution in [1.82, 2.24) is 0 Å². The van der Waals surface area contributed by atoms with E-state index >= 15 is 0 Å². The first kappa shape index (κ1) is 13.9. The van der Waals surface area contributed by atoms with E-state index in [0.29, 0.717) is 6.10 Å². The van der Waals surface area contributed by atoms with Crippen LogP contribution < -0.4 is 4.74 Å². The molecule has 0 aliphatic carbocycles. The van der Waals surface area contributed by atoms with Gasteiger partial charge in [-0.05, 0) is 58.5 Å². The number of benzene rings is 2. The third kappa shape index (κ3) is 3.15. The van der Waals surface area contributed by atoms with E-state index in [0.717, 1.165) is 36.3 Å². The van der Waals surface area contributed by atoms with Crippen molar-refractivity contribution < 1.29 is 9.47 Å². The van der Waals surface area contributed by atoms with Crippen LogP contribution in [0, 0.1) is 0 Å². The van der Waals surface area contributed by atoms with E-state index in [1.807, 2.05) is 12.1 Å². The summed E-state index contributed by atoms with van der Waals surface area (Å²) in [4.78, 5) is 0. The van der Waals surface area contributed by atoms with Gasteiger partial charge >= 0.3 is 0 Å². The van der Waals surface area contributed by atoms with Crippen LogP contribution in [0.2, 0.25) is 0 Å². The molecule has 0 bridgehead atoms. The van der Waals surface area contributed by atoms with Gasteiger partial charge in [0.2, 0.25) is 0 Å². The van der Waals surface area contributed by atoms with E-state index < -0.39 is 0 Å². The molecule has 1 fully saturated rings. The average molecular weight is 335 g/mol. The Morgan fingerprint density at radius 2 is 2.10 bits per heavy atom. The van der Waals surface area contributed by atoms with E-state index in [2.05, 4.69) is 40.2 Å². The van der Waals surface area contributed by atoms with Crippen molar-refractivity contribution in [2.45, 2.75) is 31.8 Å². The maximum Gasteiger partial charge on any atom is 0.134 e. The highest BCUT2D eigenvalue weighted by molar-refractivity contribution is 9.10. The molecule has 1 unspecified atom stereocenters. The molecule has 0 aromatic heterocycles. The minimum atomic E-state index is 0.457. The Labute approximate surface area is 128 Å². The van der Waals surface area contributed by atoms with E-state index in [4.69, 9.17) is 9.47 Å². The molecule has 1 saturated heterocycles. The fraction of sp³-hybridized carbons (Fsp3) is 0.412. The second-order valence-corrected chi connectivity index (χ2v) is 6.02. The van der Waals surface area contributed by atoms with Gasteiger partial charge in [0.1, 0.15) is 5.75 Å². The molecule has 106 valence electrons. The van der Waals surface area contributed by atoms with Crippen LogP contribution in [0.4, 0.5) is 0 Å². The molecule has 2 aromatic rings. The molecule has 3 rings (SSSR count). The molecule has 0 radical (unpaired) electrons. The highest BCUT2D eigenvalue weighted by atomic mass is 79.9. The first-order valence-electron chi connectivity index (χ1n) is 7.26. The molecule has 2 nitrogen and oxygen atoms in total. The molecule has 1 heterocycles. The Hall–Kier alpha value is -1.06. The van der Waals surface area contributed by atoms with E-state index in [1.165, 1.54) is 23.6 Å². The third-order valence-corrected chi connectivity index (χ3v) is 4.60. The van der Waals surface area contributed by atoms with Crippen molar-refractivity contribution in [1.29, 1.82) is 0 Å². The van der Waals surface area contributed by atoms with Crippen molar-refractivity contribution in [3.8, 4) is 5.75 Å². The topological polar surface area (TPSA) is 18.5 Å². The minimum Gasteiger partial charge on any atom is -0.492 e. The Balaban J connectivity index is 1.58. The quantitative estimate of drug-likeness (QED) is 0.721. The first-order chi connectivity index (χ1) is 9.84. The maximum atomic E-state index is 5.90. The van der Waals surface area contributed by atoms with E-state index in [1.54, 1.807) is 0 Å². The van der Waals surface area contributed by atoms with E-state index in [9.17, 15) is 0 Å². The number of hydrogen-bond donors (Lipinski definition) is 0. The summed E-state index contributed by atoms with van der Waals surface area (Å²) >= 11 is 3.65. The summed E-state index contributed by atoms with van der Waals surface area (Å²) in [7, 11) is 0. The Morgan fingerprint density at radius 1 is 1.20 bits per heavy atom. The van der Waals surface area contributed by atoms with Gasteiger partial charge < -0.3 is 9.47 Å². The number of rotatable bonds is 5. The van der Waals surface area contributed by atoms with Crippen LogP contribution in [0.5, 0.6) is 5.75 Å². The van der Waals surface area contributed by atoms with Crippen LogP contribution in [0.15, 0.2) is 40.9 Å². The van der Waals surface area contributed by atoms with Gasteiger partial charge in [-0.25, -0.2) is 0 Å². The van der Waals surface area contributed by atoms with Crippen LogP contribution in [0.3, 0.4) is 0 Å². The zero-order valence-corrected chi connectivity index (χ0v) is 13.1. The van der Waals surface area contributed by atoms with Crippen molar-refractivity contribution in [2.24, 2.45) is 0 Å². The van der Waals surface area contributed by atoms with Crippen molar-refractivity contribution in [2.75, 3.05) is 13.2 Å². The molecule has 0 saturated carbocycles. The van der Waals surface area contributed by atoms with Gasteiger partial charge in [0, 0.05) is 6.61 Å². The fourth-order valence-electron chi connectivity index (χ4n) is 2.69. The average Bonchev–Trinajstić information content (AvgIpc) is 2.99. The smallest absolute Gasteiger partial charge is 0.134 e. The Morgan fingerprint density at radius 3 is 2.95 bits per heavy atom. The lowest BCUT2D eigenvalue weighted by Gasteiger charge is -2.12. The molecule has 0 N–H and O–H groups in total. The summed E-state index contributed by atoms with van der Waals surface area (Å²) in [6.07, 6.45) is 5.02. The van der Waals surface area contributed by atoms with Crippen molar-refractivity contribution in [3.05, 3.63) is 40.9 Å². The van der Waals surface area contributed by atoms with Gasteiger partial charge in [0.05, 0.1) is 17.2 Å². The van der Waals surface area contributed by atoms with E-state index in [-0.39, 0.29) is 0 Å². The molecule has 2 aromatic carbocycles. The molecule has 1 atom stereocenters. The summed E-state index contributed by atoms with van der Waals surface area (Å²) in [5, 5.41) is 2.43. The van der Waals surface area contributed by atoms with Crippen LogP contribution in [-0.4, -0.2) is 19.3 Å². The summed E-state index contributed by atoms with van der Waals surface area (Å²) in [6, 6.07) is 12.5. The minimum absolute atomic E-state index is 0.457. The van der Waals surface area contributed by atoms with Crippen LogP contribution in [-0.2, 0) is 4.74 Å². The fourth-order valence-corrected chi connectivity index (χ4v) is 3.30. The van der Waals surface area contributed by atoms with Crippen LogP contribution >= 0.6 is 15.9 Å². The Bertz CT molecular complexity index is 576. The lowest BCUT2D eigenvalue weighted by atomic mass is 10.1. The third-order valence-electron chi connectivity index (χ3n) is 3.78. The first-order valence-corrected chi connectivity index (χ1v) is 8.05. The predicted octanol–water partition coefficient (Wildman–Crippen LogP) is 4.94. The van der Waals surface area contributed by atoms with Gasteiger partial charge in [-0.1, -0.05) is 30.3 Å². The van der Waals surface area contributed by atoms with Crippen molar-refractivity contribution >= 4 is 26.7 Å². The predicted molar refractivity (Wildman–Crippen MR) is 85.4 cm³/mol. The second-order valence-electron chi connectivity index (χ2n) is 5.22. The van der Waals surface area contributed by atoms with Crippen LogP contribution in [0.1, 0.15) is 25.7 Å². The van der Waals surface area contributed by atoms with Crippen molar-refractivity contribution in [3.63, 3.8) is 0 Å². The number of halogens is 1. The summed E-state index contributed by atoms with van der Waals surface area (Å²) in [6.45, 7) is 1.68. The molecular formula is C17H19BrO2. The molecule has 20 heavy (non-hydrogen) atoms.